The lowest BCUT2D eigenvalue weighted by atomic mass is 10.0. The van der Waals surface area contributed by atoms with Crippen molar-refractivity contribution in [3.8, 4) is 5.75 Å². The van der Waals surface area contributed by atoms with Crippen molar-refractivity contribution in [3.05, 3.63) is 125 Å². The molecule has 8 nitrogen and oxygen atoms in total. The van der Waals surface area contributed by atoms with Gasteiger partial charge in [0.25, 0.3) is 10.0 Å². The van der Waals surface area contributed by atoms with Gasteiger partial charge in [-0.1, -0.05) is 71.8 Å². The van der Waals surface area contributed by atoms with Gasteiger partial charge in [-0.05, 0) is 80.4 Å². The predicted molar refractivity (Wildman–Crippen MR) is 178 cm³/mol. The summed E-state index contributed by atoms with van der Waals surface area (Å²) in [6, 6.07) is 28.2. The molecule has 1 atom stereocenters. The number of benzene rings is 4. The van der Waals surface area contributed by atoms with Crippen molar-refractivity contribution < 1.29 is 22.7 Å². The van der Waals surface area contributed by atoms with Gasteiger partial charge in [-0.25, -0.2) is 8.42 Å². The first kappa shape index (κ1) is 33.6. The van der Waals surface area contributed by atoms with E-state index in [-0.39, 0.29) is 35.5 Å². The summed E-state index contributed by atoms with van der Waals surface area (Å²) in [6.45, 7) is 5.04. The Bertz CT molecular complexity index is 1700. The van der Waals surface area contributed by atoms with Crippen LogP contribution in [0.4, 0.5) is 5.69 Å². The molecular weight excluding hydrogens is 610 g/mol. The molecule has 0 aliphatic rings. The number of aryl methyl sites for hydroxylation is 1. The maximum absolute atomic E-state index is 14.5. The van der Waals surface area contributed by atoms with Crippen LogP contribution in [0.3, 0.4) is 0 Å². The Kier molecular flexibility index (Phi) is 11.3. The summed E-state index contributed by atoms with van der Waals surface area (Å²) >= 11 is 6.30. The van der Waals surface area contributed by atoms with Crippen LogP contribution in [0.1, 0.15) is 30.5 Å². The average Bonchev–Trinajstić information content (AvgIpc) is 3.02. The molecule has 1 N–H and O–H groups in total. The third kappa shape index (κ3) is 8.86. The Labute approximate surface area is 270 Å². The number of carbonyl (C=O) groups is 2. The van der Waals surface area contributed by atoms with Crippen molar-refractivity contribution >= 4 is 39.1 Å². The van der Waals surface area contributed by atoms with E-state index in [9.17, 15) is 18.0 Å². The number of ether oxygens (including phenoxy) is 1. The Balaban J connectivity index is 1.81. The van der Waals surface area contributed by atoms with E-state index in [0.717, 1.165) is 15.4 Å². The second-order valence-corrected chi connectivity index (χ2v) is 13.3. The molecule has 4 rings (SSSR count). The number of rotatable bonds is 13. The highest BCUT2D eigenvalue weighted by Crippen LogP contribution is 2.27. The molecule has 45 heavy (non-hydrogen) atoms. The minimum absolute atomic E-state index is 0.0312. The summed E-state index contributed by atoms with van der Waals surface area (Å²) in [4.78, 5) is 29.7. The first-order chi connectivity index (χ1) is 21.5. The minimum atomic E-state index is -4.20. The molecule has 0 unspecified atom stereocenters. The van der Waals surface area contributed by atoms with Crippen LogP contribution >= 0.6 is 11.6 Å². The number of hydrogen-bond acceptors (Lipinski definition) is 5. The summed E-state index contributed by atoms with van der Waals surface area (Å²) in [6.07, 6.45) is 0.221. The Morgan fingerprint density at radius 3 is 2.11 bits per heavy atom. The number of methoxy groups -OCH3 is 1. The van der Waals surface area contributed by atoms with Gasteiger partial charge < -0.3 is 15.0 Å². The first-order valence-corrected chi connectivity index (χ1v) is 16.4. The summed E-state index contributed by atoms with van der Waals surface area (Å²) in [5.74, 6) is -0.364. The van der Waals surface area contributed by atoms with E-state index in [1.54, 1.807) is 54.6 Å². The molecule has 0 aliphatic carbocycles. The van der Waals surface area contributed by atoms with E-state index < -0.39 is 28.5 Å². The van der Waals surface area contributed by atoms with Crippen LogP contribution in [0.25, 0.3) is 0 Å². The number of carbonyl (C=O) groups excluding carboxylic acids is 2. The SMILES string of the molecule is COc1ccc(N(CC(=O)N(Cc2cccc(Cl)c2)[C@@H](Cc2ccccc2)C(=O)NC(C)C)S(=O)(=O)c2ccc(C)cc2)cc1. The highest BCUT2D eigenvalue weighted by Gasteiger charge is 2.35. The van der Waals surface area contributed by atoms with Crippen molar-refractivity contribution in [2.45, 2.75) is 50.7 Å². The largest absolute Gasteiger partial charge is 0.497 e. The number of amides is 2. The van der Waals surface area contributed by atoms with E-state index in [1.165, 1.54) is 24.1 Å². The number of halogens is 1. The van der Waals surface area contributed by atoms with Crippen molar-refractivity contribution in [2.75, 3.05) is 18.0 Å². The molecule has 0 bridgehead atoms. The van der Waals surface area contributed by atoms with Crippen LogP contribution in [-0.2, 0) is 32.6 Å². The third-order valence-electron chi connectivity index (χ3n) is 7.19. The Morgan fingerprint density at radius 2 is 1.51 bits per heavy atom. The van der Waals surface area contributed by atoms with E-state index in [1.807, 2.05) is 57.2 Å². The average molecular weight is 648 g/mol. The van der Waals surface area contributed by atoms with Crippen molar-refractivity contribution in [2.24, 2.45) is 0 Å². The van der Waals surface area contributed by atoms with Gasteiger partial charge in [-0.15, -0.1) is 0 Å². The van der Waals surface area contributed by atoms with Gasteiger partial charge in [0, 0.05) is 24.0 Å². The fourth-order valence-electron chi connectivity index (χ4n) is 4.88. The number of hydrogen-bond donors (Lipinski definition) is 1. The second kappa shape index (κ2) is 15.1. The van der Waals surface area contributed by atoms with E-state index >= 15 is 0 Å². The van der Waals surface area contributed by atoms with Gasteiger partial charge in [0.1, 0.15) is 18.3 Å². The zero-order valence-electron chi connectivity index (χ0n) is 25.8. The number of anilines is 1. The first-order valence-electron chi connectivity index (χ1n) is 14.6. The van der Waals surface area contributed by atoms with Crippen molar-refractivity contribution in [1.29, 1.82) is 0 Å². The van der Waals surface area contributed by atoms with Crippen LogP contribution in [0.2, 0.25) is 5.02 Å². The summed E-state index contributed by atoms with van der Waals surface area (Å²) in [5.41, 5.74) is 2.72. The number of nitrogens with zero attached hydrogens (tertiary/aromatic N) is 2. The smallest absolute Gasteiger partial charge is 0.264 e. The van der Waals surface area contributed by atoms with Crippen LogP contribution in [0, 0.1) is 6.92 Å². The monoisotopic (exact) mass is 647 g/mol. The molecule has 0 aromatic heterocycles. The second-order valence-electron chi connectivity index (χ2n) is 11.0. The lowest BCUT2D eigenvalue weighted by Gasteiger charge is -2.34. The lowest BCUT2D eigenvalue weighted by molar-refractivity contribution is -0.140. The summed E-state index contributed by atoms with van der Waals surface area (Å²) in [7, 11) is -2.68. The summed E-state index contributed by atoms with van der Waals surface area (Å²) in [5, 5.41) is 3.43. The molecule has 0 heterocycles. The molecule has 0 saturated heterocycles. The van der Waals surface area contributed by atoms with Gasteiger partial charge in [0.15, 0.2) is 0 Å². The third-order valence-corrected chi connectivity index (χ3v) is 9.22. The molecule has 0 saturated carbocycles. The summed E-state index contributed by atoms with van der Waals surface area (Å²) < 4.78 is 34.6. The van der Waals surface area contributed by atoms with Crippen LogP contribution in [-0.4, -0.2) is 50.9 Å². The molecule has 0 aliphatic heterocycles. The topological polar surface area (TPSA) is 96.0 Å². The number of sulfonamides is 1. The lowest BCUT2D eigenvalue weighted by Crippen LogP contribution is -2.54. The number of nitrogens with one attached hydrogen (secondary N) is 1. The normalized spacial score (nSPS) is 12.0. The van der Waals surface area contributed by atoms with Crippen LogP contribution in [0.15, 0.2) is 108 Å². The van der Waals surface area contributed by atoms with Gasteiger partial charge in [0.05, 0.1) is 17.7 Å². The maximum atomic E-state index is 14.5. The molecular formula is C35H38ClN3O5S. The zero-order valence-corrected chi connectivity index (χ0v) is 27.4. The maximum Gasteiger partial charge on any atom is 0.264 e. The van der Waals surface area contributed by atoms with Gasteiger partial charge in [-0.2, -0.15) is 0 Å². The van der Waals surface area contributed by atoms with Gasteiger partial charge >= 0.3 is 0 Å². The van der Waals surface area contributed by atoms with E-state index in [0.29, 0.717) is 16.3 Å². The van der Waals surface area contributed by atoms with E-state index in [4.69, 9.17) is 16.3 Å². The highest BCUT2D eigenvalue weighted by atomic mass is 35.5. The van der Waals surface area contributed by atoms with E-state index in [2.05, 4.69) is 5.32 Å². The molecule has 236 valence electrons. The molecule has 0 radical (unpaired) electrons. The van der Waals surface area contributed by atoms with Crippen LogP contribution in [0.5, 0.6) is 5.75 Å². The predicted octanol–water partition coefficient (Wildman–Crippen LogP) is 6.02. The highest BCUT2D eigenvalue weighted by molar-refractivity contribution is 7.92. The van der Waals surface area contributed by atoms with Crippen molar-refractivity contribution in [3.63, 3.8) is 0 Å². The Morgan fingerprint density at radius 1 is 0.867 bits per heavy atom. The molecule has 0 fully saturated rings. The van der Waals surface area contributed by atoms with Gasteiger partial charge in [0.2, 0.25) is 11.8 Å². The minimum Gasteiger partial charge on any atom is -0.497 e. The zero-order chi connectivity index (χ0) is 32.6. The molecule has 4 aromatic carbocycles. The quantitative estimate of drug-likeness (QED) is 0.192. The standard InChI is InChI=1S/C35H38ClN3O5S/c1-25(2)37-35(41)33(22-27-9-6-5-7-10-27)38(23-28-11-8-12-29(36)21-28)34(40)24-39(30-15-17-31(44-4)18-16-30)45(42,43)32-19-13-26(3)14-20-32/h5-21,25,33H,22-24H2,1-4H3,(H,37,41)/t33-/m0/s1. The van der Waals surface area contributed by atoms with Crippen LogP contribution < -0.4 is 14.4 Å². The molecule has 10 heteroatoms. The Hall–Kier alpha value is -4.34. The fraction of sp³-hybridized carbons (Fsp3) is 0.257. The van der Waals surface area contributed by atoms with Crippen molar-refractivity contribution in [1.82, 2.24) is 10.2 Å². The van der Waals surface area contributed by atoms with Gasteiger partial charge in [-0.3, -0.25) is 13.9 Å². The molecule has 0 spiro atoms. The molecule has 2 amide bonds. The molecule has 4 aromatic rings. The fourth-order valence-corrected chi connectivity index (χ4v) is 6.51.